The van der Waals surface area contributed by atoms with Crippen LogP contribution in [0.3, 0.4) is 0 Å². The number of sulfonamides is 1. The van der Waals surface area contributed by atoms with Gasteiger partial charge in [-0.1, -0.05) is 26.7 Å². The molecule has 0 spiro atoms. The molecule has 5 nitrogen and oxygen atoms in total. The third-order valence-corrected chi connectivity index (χ3v) is 7.76. The number of rotatable bonds is 4. The van der Waals surface area contributed by atoms with Crippen molar-refractivity contribution < 1.29 is 13.2 Å². The third kappa shape index (κ3) is 3.90. The van der Waals surface area contributed by atoms with Crippen LogP contribution in [0.25, 0.3) is 0 Å². The largest absolute Gasteiger partial charge is 0.349 e. The quantitative estimate of drug-likeness (QED) is 0.893. The Hall–Kier alpha value is -1.40. The average molecular weight is 365 g/mol. The molecule has 0 bridgehead atoms. The van der Waals surface area contributed by atoms with Crippen molar-refractivity contribution in [2.75, 3.05) is 13.1 Å². The van der Waals surface area contributed by atoms with Crippen LogP contribution in [-0.2, 0) is 10.0 Å². The van der Waals surface area contributed by atoms with E-state index in [0.29, 0.717) is 30.5 Å². The summed E-state index contributed by atoms with van der Waals surface area (Å²) in [5.41, 5.74) is 0.519. The Morgan fingerprint density at radius 1 is 1.04 bits per heavy atom. The van der Waals surface area contributed by atoms with Gasteiger partial charge < -0.3 is 5.32 Å². The van der Waals surface area contributed by atoms with Gasteiger partial charge in [-0.15, -0.1) is 0 Å². The second-order valence-electron chi connectivity index (χ2n) is 7.48. The van der Waals surface area contributed by atoms with Crippen LogP contribution in [0.1, 0.15) is 56.3 Å². The minimum absolute atomic E-state index is 0.115. The summed E-state index contributed by atoms with van der Waals surface area (Å²) in [7, 11) is -3.42. The summed E-state index contributed by atoms with van der Waals surface area (Å²) in [5, 5.41) is 3.13. The fourth-order valence-electron chi connectivity index (χ4n) is 3.89. The van der Waals surface area contributed by atoms with Crippen molar-refractivity contribution in [3.8, 4) is 0 Å². The van der Waals surface area contributed by atoms with Gasteiger partial charge in [0.15, 0.2) is 0 Å². The number of hydrogen-bond donors (Lipinski definition) is 1. The van der Waals surface area contributed by atoms with E-state index in [1.54, 1.807) is 24.3 Å². The predicted molar refractivity (Wildman–Crippen MR) is 97.9 cm³/mol. The second-order valence-corrected chi connectivity index (χ2v) is 9.42. The van der Waals surface area contributed by atoms with E-state index in [0.717, 1.165) is 25.7 Å². The van der Waals surface area contributed by atoms with Gasteiger partial charge >= 0.3 is 0 Å². The molecule has 1 aromatic carbocycles. The first-order valence-corrected chi connectivity index (χ1v) is 10.7. The van der Waals surface area contributed by atoms with Crippen molar-refractivity contribution in [1.29, 1.82) is 0 Å². The average Bonchev–Trinajstić information content (AvgIpc) is 3.14. The molecule has 0 unspecified atom stereocenters. The zero-order valence-corrected chi connectivity index (χ0v) is 15.9. The molecule has 1 aliphatic carbocycles. The maximum atomic E-state index is 12.5. The first-order chi connectivity index (χ1) is 11.9. The molecule has 138 valence electrons. The summed E-state index contributed by atoms with van der Waals surface area (Å²) < 4.78 is 26.6. The summed E-state index contributed by atoms with van der Waals surface area (Å²) >= 11 is 0. The molecule has 1 aromatic rings. The number of carbonyl (C=O) groups is 1. The standard InChI is InChI=1S/C19H28N2O3S/c1-14-6-5-7-18(15(14)2)20-19(22)16-8-10-17(11-9-16)25(23,24)21-12-3-4-13-21/h8-11,14-15,18H,3-7,12-13H2,1-2H3,(H,20,22)/t14-,15-,18-/m1/s1. The molecular formula is C19H28N2O3S. The zero-order chi connectivity index (χ0) is 18.0. The lowest BCUT2D eigenvalue weighted by atomic mass is 9.78. The number of amides is 1. The van der Waals surface area contributed by atoms with E-state index in [1.165, 1.54) is 10.7 Å². The number of carbonyl (C=O) groups excluding carboxylic acids is 1. The minimum atomic E-state index is -3.42. The molecule has 1 saturated carbocycles. The first kappa shape index (κ1) is 18.4. The fraction of sp³-hybridized carbons (Fsp3) is 0.632. The third-order valence-electron chi connectivity index (χ3n) is 5.84. The Balaban J connectivity index is 1.68. The first-order valence-electron chi connectivity index (χ1n) is 9.30. The van der Waals surface area contributed by atoms with E-state index < -0.39 is 10.0 Å². The van der Waals surface area contributed by atoms with Gasteiger partial charge in [-0.2, -0.15) is 4.31 Å². The number of nitrogens with one attached hydrogen (secondary N) is 1. The molecule has 6 heteroatoms. The van der Waals surface area contributed by atoms with Crippen molar-refractivity contribution in [3.05, 3.63) is 29.8 Å². The number of benzene rings is 1. The molecule has 3 rings (SSSR count). The van der Waals surface area contributed by atoms with Gasteiger partial charge in [-0.25, -0.2) is 8.42 Å². The van der Waals surface area contributed by atoms with E-state index in [1.807, 2.05) is 0 Å². The van der Waals surface area contributed by atoms with Crippen molar-refractivity contribution >= 4 is 15.9 Å². The molecule has 1 aliphatic heterocycles. The van der Waals surface area contributed by atoms with Gasteiger partial charge in [0.2, 0.25) is 10.0 Å². The molecule has 1 saturated heterocycles. The lowest BCUT2D eigenvalue weighted by molar-refractivity contribution is 0.0891. The minimum Gasteiger partial charge on any atom is -0.349 e. The maximum absolute atomic E-state index is 12.5. The van der Waals surface area contributed by atoms with Crippen LogP contribution in [-0.4, -0.2) is 37.8 Å². The highest BCUT2D eigenvalue weighted by molar-refractivity contribution is 7.89. The Kier molecular flexibility index (Phi) is 5.49. The monoisotopic (exact) mass is 364 g/mol. The molecule has 25 heavy (non-hydrogen) atoms. The second kappa shape index (κ2) is 7.46. The summed E-state index contributed by atoms with van der Waals surface area (Å²) in [4.78, 5) is 12.8. The van der Waals surface area contributed by atoms with Crippen molar-refractivity contribution in [1.82, 2.24) is 9.62 Å². The lowest BCUT2D eigenvalue weighted by Crippen LogP contribution is -2.43. The van der Waals surface area contributed by atoms with Crippen molar-refractivity contribution in [3.63, 3.8) is 0 Å². The van der Waals surface area contributed by atoms with Crippen LogP contribution in [0.5, 0.6) is 0 Å². The van der Waals surface area contributed by atoms with Crippen LogP contribution in [0.15, 0.2) is 29.2 Å². The Labute approximate surface area is 150 Å². The van der Waals surface area contributed by atoms with Gasteiger partial charge in [-0.3, -0.25) is 4.79 Å². The topological polar surface area (TPSA) is 66.5 Å². The highest BCUT2D eigenvalue weighted by Crippen LogP contribution is 2.29. The predicted octanol–water partition coefficient (Wildman–Crippen LogP) is 3.03. The van der Waals surface area contributed by atoms with Crippen molar-refractivity contribution in [2.24, 2.45) is 11.8 Å². The van der Waals surface area contributed by atoms with Crippen LogP contribution >= 0.6 is 0 Å². The molecule has 2 aliphatic rings. The molecule has 0 radical (unpaired) electrons. The molecule has 1 amide bonds. The van der Waals surface area contributed by atoms with Gasteiger partial charge in [0.05, 0.1) is 4.90 Å². The van der Waals surface area contributed by atoms with Gasteiger partial charge in [0, 0.05) is 24.7 Å². The number of hydrogen-bond acceptors (Lipinski definition) is 3. The highest BCUT2D eigenvalue weighted by Gasteiger charge is 2.29. The van der Waals surface area contributed by atoms with Gasteiger partial charge in [-0.05, 0) is 55.4 Å². The molecule has 1 N–H and O–H groups in total. The normalized spacial score (nSPS) is 28.0. The molecule has 3 atom stereocenters. The van der Waals surface area contributed by atoms with E-state index in [9.17, 15) is 13.2 Å². The van der Waals surface area contributed by atoms with Crippen molar-refractivity contribution in [2.45, 2.75) is 56.9 Å². The highest BCUT2D eigenvalue weighted by atomic mass is 32.2. The fourth-order valence-corrected chi connectivity index (χ4v) is 5.41. The smallest absolute Gasteiger partial charge is 0.251 e. The van der Waals surface area contributed by atoms with E-state index in [2.05, 4.69) is 19.2 Å². The molecule has 2 fully saturated rings. The Bertz CT molecular complexity index is 709. The van der Waals surface area contributed by atoms with Crippen LogP contribution in [0.2, 0.25) is 0 Å². The summed E-state index contributed by atoms with van der Waals surface area (Å²) in [6.45, 7) is 5.60. The Morgan fingerprint density at radius 2 is 1.68 bits per heavy atom. The molecule has 1 heterocycles. The SMILES string of the molecule is C[C@@H]1[C@H](C)CCC[C@H]1NC(=O)c1ccc(S(=O)(=O)N2CCCC2)cc1. The van der Waals surface area contributed by atoms with E-state index >= 15 is 0 Å². The lowest BCUT2D eigenvalue weighted by Gasteiger charge is -2.34. The number of nitrogens with zero attached hydrogens (tertiary/aromatic N) is 1. The maximum Gasteiger partial charge on any atom is 0.251 e. The van der Waals surface area contributed by atoms with E-state index in [4.69, 9.17) is 0 Å². The summed E-state index contributed by atoms with van der Waals surface area (Å²) in [6, 6.07) is 6.54. The van der Waals surface area contributed by atoms with E-state index in [-0.39, 0.29) is 16.8 Å². The molecular weight excluding hydrogens is 336 g/mol. The van der Waals surface area contributed by atoms with Gasteiger partial charge in [0.1, 0.15) is 0 Å². The van der Waals surface area contributed by atoms with Crippen LogP contribution in [0, 0.1) is 11.8 Å². The zero-order valence-electron chi connectivity index (χ0n) is 15.1. The van der Waals surface area contributed by atoms with Crippen LogP contribution in [0.4, 0.5) is 0 Å². The van der Waals surface area contributed by atoms with Crippen LogP contribution < -0.4 is 5.32 Å². The van der Waals surface area contributed by atoms with Gasteiger partial charge in [0.25, 0.3) is 5.91 Å². The molecule has 0 aromatic heterocycles. The summed E-state index contributed by atoms with van der Waals surface area (Å²) in [5.74, 6) is 0.968. The Morgan fingerprint density at radius 3 is 2.32 bits per heavy atom. The summed E-state index contributed by atoms with van der Waals surface area (Å²) in [6.07, 6.45) is 5.20.